The van der Waals surface area contributed by atoms with Crippen LogP contribution in [0.1, 0.15) is 31.8 Å². The van der Waals surface area contributed by atoms with E-state index in [1.165, 1.54) is 13.0 Å². The number of carbonyl (C=O) groups excluding carboxylic acids is 3. The molecule has 1 aromatic heterocycles. The van der Waals surface area contributed by atoms with E-state index >= 15 is 0 Å². The van der Waals surface area contributed by atoms with E-state index in [0.29, 0.717) is 10.1 Å². The summed E-state index contributed by atoms with van der Waals surface area (Å²) in [7, 11) is 1.16. The normalized spacial score (nSPS) is 18.5. The number of benzene rings is 1. The first-order valence-electron chi connectivity index (χ1n) is 7.80. The predicted molar refractivity (Wildman–Crippen MR) is 85.2 cm³/mol. The van der Waals surface area contributed by atoms with Gasteiger partial charge in [0, 0.05) is 0 Å². The summed E-state index contributed by atoms with van der Waals surface area (Å²) in [4.78, 5) is 41.0. The molecule has 2 unspecified atom stereocenters. The topological polar surface area (TPSA) is 93.5 Å². The number of hydrogen-bond acceptors (Lipinski definition) is 5. The van der Waals surface area contributed by atoms with Crippen LogP contribution >= 0.6 is 0 Å². The fourth-order valence-electron chi connectivity index (χ4n) is 2.98. The molecule has 2 heterocycles. The number of imide groups is 1. The van der Waals surface area contributed by atoms with Crippen molar-refractivity contribution in [3.63, 3.8) is 0 Å². The van der Waals surface area contributed by atoms with Crippen LogP contribution in [0.25, 0.3) is 11.0 Å². The molecule has 0 saturated carbocycles. The Hall–Kier alpha value is -3.04. The number of nitrogens with one attached hydrogen (secondary N) is 1. The van der Waals surface area contributed by atoms with Gasteiger partial charge in [0.25, 0.3) is 5.91 Å². The molecule has 0 spiro atoms. The van der Waals surface area contributed by atoms with Crippen molar-refractivity contribution in [1.29, 1.82) is 0 Å². The molecule has 10 heteroatoms. The Kier molecular flexibility index (Phi) is 4.58. The van der Waals surface area contributed by atoms with Crippen molar-refractivity contribution in [1.82, 2.24) is 19.8 Å². The number of carbonyl (C=O) groups is 3. The number of halogens is 2. The quantitative estimate of drug-likeness (QED) is 0.645. The second-order valence-electron chi connectivity index (χ2n) is 5.77. The van der Waals surface area contributed by atoms with Gasteiger partial charge in [-0.3, -0.25) is 19.1 Å². The zero-order valence-corrected chi connectivity index (χ0v) is 14.0. The van der Waals surface area contributed by atoms with Crippen LogP contribution in [0, 0.1) is 0 Å². The first kappa shape index (κ1) is 17.8. The maximum absolute atomic E-state index is 13.6. The number of alkyl halides is 2. The van der Waals surface area contributed by atoms with Crippen LogP contribution in [0.4, 0.5) is 13.6 Å². The average Bonchev–Trinajstić information content (AvgIpc) is 3.12. The number of rotatable bonds is 5. The number of fused-ring (bicyclic) bond motifs is 1. The average molecular weight is 366 g/mol. The fourth-order valence-corrected chi connectivity index (χ4v) is 2.98. The molecule has 138 valence electrons. The summed E-state index contributed by atoms with van der Waals surface area (Å²) in [6.45, 7) is -1.47. The van der Waals surface area contributed by atoms with Crippen molar-refractivity contribution in [2.45, 2.75) is 32.0 Å². The van der Waals surface area contributed by atoms with Crippen LogP contribution in [0.3, 0.4) is 0 Å². The van der Waals surface area contributed by atoms with Gasteiger partial charge in [-0.25, -0.2) is 9.78 Å². The number of esters is 1. The van der Waals surface area contributed by atoms with Crippen LogP contribution in [0.15, 0.2) is 24.3 Å². The molecule has 1 fully saturated rings. The van der Waals surface area contributed by atoms with E-state index in [9.17, 15) is 23.2 Å². The summed E-state index contributed by atoms with van der Waals surface area (Å²) in [5.74, 6) is -1.48. The largest absolute Gasteiger partial charge is 0.469 e. The van der Waals surface area contributed by atoms with Crippen LogP contribution in [0.5, 0.6) is 0 Å². The first-order chi connectivity index (χ1) is 12.3. The van der Waals surface area contributed by atoms with Gasteiger partial charge in [-0.15, -0.1) is 0 Å². The second kappa shape index (κ2) is 6.70. The highest BCUT2D eigenvalue weighted by Gasteiger charge is 2.43. The summed E-state index contributed by atoms with van der Waals surface area (Å²) in [5.41, 5.74) is 0.523. The highest BCUT2D eigenvalue weighted by atomic mass is 19.3. The molecule has 2 atom stereocenters. The number of imidazole rings is 1. The number of amides is 3. The lowest BCUT2D eigenvalue weighted by atomic mass is 10.2. The Balaban J connectivity index is 1.97. The molecular weight excluding hydrogens is 350 g/mol. The Bertz CT molecular complexity index is 882. The molecule has 1 N–H and O–H groups in total. The lowest BCUT2D eigenvalue weighted by Gasteiger charge is -2.22. The third kappa shape index (κ3) is 2.87. The molecule has 1 aliphatic rings. The monoisotopic (exact) mass is 366 g/mol. The lowest BCUT2D eigenvalue weighted by Crippen LogP contribution is -2.36. The van der Waals surface area contributed by atoms with Crippen LogP contribution in [-0.2, 0) is 14.3 Å². The minimum Gasteiger partial charge on any atom is -0.469 e. The number of ether oxygens (including phenoxy) is 1. The third-order valence-corrected chi connectivity index (χ3v) is 4.23. The predicted octanol–water partition coefficient (Wildman–Crippen LogP) is 1.98. The number of nitrogens with zero attached hydrogens (tertiary/aromatic N) is 3. The van der Waals surface area contributed by atoms with Gasteiger partial charge in [0.05, 0.1) is 30.6 Å². The van der Waals surface area contributed by atoms with Gasteiger partial charge in [0.1, 0.15) is 11.9 Å². The van der Waals surface area contributed by atoms with Crippen molar-refractivity contribution in [2.75, 3.05) is 7.11 Å². The van der Waals surface area contributed by atoms with Crippen LogP contribution < -0.4 is 5.32 Å². The molecule has 1 aliphatic heterocycles. The van der Waals surface area contributed by atoms with Gasteiger partial charge in [-0.2, -0.15) is 8.78 Å². The number of methoxy groups -OCH3 is 1. The molecule has 0 radical (unpaired) electrons. The van der Waals surface area contributed by atoms with Crippen molar-refractivity contribution in [3.05, 3.63) is 30.1 Å². The van der Waals surface area contributed by atoms with Gasteiger partial charge in [0.15, 0.2) is 0 Å². The minimum atomic E-state index is -2.90. The molecule has 3 amide bonds. The van der Waals surface area contributed by atoms with E-state index < -0.39 is 36.5 Å². The first-order valence-corrected chi connectivity index (χ1v) is 7.80. The number of urea groups is 1. The second-order valence-corrected chi connectivity index (χ2v) is 5.77. The van der Waals surface area contributed by atoms with E-state index in [0.717, 1.165) is 12.0 Å². The van der Waals surface area contributed by atoms with Crippen molar-refractivity contribution < 1.29 is 27.9 Å². The molecule has 0 bridgehead atoms. The highest BCUT2D eigenvalue weighted by molar-refractivity contribution is 6.05. The van der Waals surface area contributed by atoms with Crippen LogP contribution in [-0.4, -0.2) is 45.5 Å². The number of aromatic nitrogens is 2. The zero-order chi connectivity index (χ0) is 19.0. The lowest BCUT2D eigenvalue weighted by molar-refractivity contribution is -0.143. The fraction of sp³-hybridized carbons (Fsp3) is 0.375. The van der Waals surface area contributed by atoms with Crippen molar-refractivity contribution >= 4 is 28.9 Å². The molecule has 2 aromatic rings. The Morgan fingerprint density at radius 2 is 2.04 bits per heavy atom. The van der Waals surface area contributed by atoms with Crippen molar-refractivity contribution in [3.8, 4) is 0 Å². The number of hydrogen-bond donors (Lipinski definition) is 1. The SMILES string of the molecule is COC(=O)CC1NC(=O)N(C(C)c2nc3ccccc3n2C(F)F)C1=O. The highest BCUT2D eigenvalue weighted by Crippen LogP contribution is 2.31. The Morgan fingerprint density at radius 3 is 2.69 bits per heavy atom. The van der Waals surface area contributed by atoms with E-state index in [1.807, 2.05) is 0 Å². The summed E-state index contributed by atoms with van der Waals surface area (Å²) in [6.07, 6.45) is -0.338. The van der Waals surface area contributed by atoms with E-state index in [-0.39, 0.29) is 17.8 Å². The molecule has 3 rings (SSSR count). The van der Waals surface area contributed by atoms with Gasteiger partial charge in [-0.05, 0) is 19.1 Å². The van der Waals surface area contributed by atoms with Gasteiger partial charge < -0.3 is 10.1 Å². The molecule has 26 heavy (non-hydrogen) atoms. The summed E-state index contributed by atoms with van der Waals surface area (Å²) in [6, 6.07) is 3.38. The smallest absolute Gasteiger partial charge is 0.325 e. The Labute approximate surface area is 146 Å². The molecular formula is C16H16F2N4O4. The zero-order valence-electron chi connectivity index (χ0n) is 14.0. The summed E-state index contributed by atoms with van der Waals surface area (Å²) >= 11 is 0. The maximum Gasteiger partial charge on any atom is 0.325 e. The van der Waals surface area contributed by atoms with E-state index in [4.69, 9.17) is 0 Å². The van der Waals surface area contributed by atoms with Gasteiger partial charge >= 0.3 is 18.5 Å². The third-order valence-electron chi connectivity index (χ3n) is 4.23. The maximum atomic E-state index is 13.6. The van der Waals surface area contributed by atoms with Crippen LogP contribution in [0.2, 0.25) is 0 Å². The molecule has 8 nitrogen and oxygen atoms in total. The minimum absolute atomic E-state index is 0.122. The molecule has 0 aliphatic carbocycles. The van der Waals surface area contributed by atoms with Gasteiger partial charge in [-0.1, -0.05) is 12.1 Å². The van der Waals surface area contributed by atoms with E-state index in [2.05, 4.69) is 15.0 Å². The summed E-state index contributed by atoms with van der Waals surface area (Å²) < 4.78 is 32.3. The number of para-hydroxylation sites is 2. The van der Waals surface area contributed by atoms with Gasteiger partial charge in [0.2, 0.25) is 0 Å². The summed E-state index contributed by atoms with van der Waals surface area (Å²) in [5, 5.41) is 2.36. The van der Waals surface area contributed by atoms with E-state index in [1.54, 1.807) is 18.2 Å². The standard InChI is InChI=1S/C16H16F2N4O4/c1-8(21-14(24)10(20-16(21)25)7-12(23)26-2)13-19-9-5-3-4-6-11(9)22(13)15(17)18/h3-6,8,10,15H,7H2,1-2H3,(H,20,25). The molecule has 1 aromatic carbocycles. The Morgan fingerprint density at radius 1 is 1.35 bits per heavy atom. The molecule has 1 saturated heterocycles. The van der Waals surface area contributed by atoms with Crippen molar-refractivity contribution in [2.24, 2.45) is 0 Å².